The van der Waals surface area contributed by atoms with Crippen molar-refractivity contribution < 1.29 is 22.7 Å². The van der Waals surface area contributed by atoms with E-state index in [2.05, 4.69) is 11.4 Å². The lowest BCUT2D eigenvalue weighted by Crippen LogP contribution is -2.41. The van der Waals surface area contributed by atoms with Crippen molar-refractivity contribution in [3.63, 3.8) is 0 Å². The fourth-order valence-corrected chi connectivity index (χ4v) is 5.98. The van der Waals surface area contributed by atoms with Crippen molar-refractivity contribution in [2.75, 3.05) is 25.5 Å². The molecule has 31 heavy (non-hydrogen) atoms. The first-order chi connectivity index (χ1) is 14.8. The molecule has 8 heteroatoms. The number of methoxy groups -OCH3 is 1. The van der Waals surface area contributed by atoms with Crippen LogP contribution in [0.5, 0.6) is 11.5 Å². The zero-order valence-corrected chi connectivity index (χ0v) is 18.7. The largest absolute Gasteiger partial charge is 0.495 e. The van der Waals surface area contributed by atoms with Gasteiger partial charge in [-0.25, -0.2) is 8.42 Å². The Hall–Kier alpha value is -2.58. The number of amides is 1. The summed E-state index contributed by atoms with van der Waals surface area (Å²) in [6.07, 6.45) is 4.05. The van der Waals surface area contributed by atoms with Gasteiger partial charge in [0.25, 0.3) is 0 Å². The van der Waals surface area contributed by atoms with Gasteiger partial charge in [0.1, 0.15) is 17.1 Å². The number of para-hydroxylation sites is 1. The van der Waals surface area contributed by atoms with E-state index in [0.717, 1.165) is 31.4 Å². The Morgan fingerprint density at radius 3 is 2.71 bits per heavy atom. The quantitative estimate of drug-likeness (QED) is 0.779. The molecular weight excluding hydrogens is 416 g/mol. The molecule has 0 aliphatic carbocycles. The lowest BCUT2D eigenvalue weighted by atomic mass is 9.85. The summed E-state index contributed by atoms with van der Waals surface area (Å²) >= 11 is 0. The molecule has 0 saturated carbocycles. The number of carbonyl (C=O) groups excluding carboxylic acids is 1. The molecule has 1 amide bonds. The number of aryl methyl sites for hydroxylation is 1. The van der Waals surface area contributed by atoms with Crippen LogP contribution < -0.4 is 14.8 Å². The molecule has 1 atom stereocenters. The van der Waals surface area contributed by atoms with Crippen molar-refractivity contribution in [2.45, 2.75) is 49.5 Å². The molecule has 2 aliphatic heterocycles. The van der Waals surface area contributed by atoms with Gasteiger partial charge >= 0.3 is 0 Å². The summed E-state index contributed by atoms with van der Waals surface area (Å²) in [7, 11) is -2.24. The highest BCUT2D eigenvalue weighted by Gasteiger charge is 2.40. The standard InChI is InChI=1S/C23H28N2O5S/c1-17(26)24-20-16-19(8-9-22(20)29-2)31(27,28)25-14-5-11-23(13-15-25)12-10-18-6-3-4-7-21(18)30-23/h3-4,6-9,16H,5,10-15H2,1-2H3,(H,24,26)/t23-/m0/s1. The monoisotopic (exact) mass is 444 g/mol. The van der Waals surface area contributed by atoms with Crippen LogP contribution in [0, 0.1) is 0 Å². The molecule has 7 nitrogen and oxygen atoms in total. The van der Waals surface area contributed by atoms with E-state index in [-0.39, 0.29) is 16.4 Å². The molecule has 166 valence electrons. The number of carbonyl (C=O) groups is 1. The Bertz CT molecular complexity index is 1090. The van der Waals surface area contributed by atoms with E-state index in [4.69, 9.17) is 9.47 Å². The number of nitrogens with zero attached hydrogens (tertiary/aromatic N) is 1. The highest BCUT2D eigenvalue weighted by molar-refractivity contribution is 7.89. The first-order valence-electron chi connectivity index (χ1n) is 10.6. The molecule has 0 bridgehead atoms. The van der Waals surface area contributed by atoms with Crippen molar-refractivity contribution >= 4 is 21.6 Å². The average molecular weight is 445 g/mol. The molecule has 1 spiro atoms. The predicted molar refractivity (Wildman–Crippen MR) is 118 cm³/mol. The number of hydrogen-bond donors (Lipinski definition) is 1. The van der Waals surface area contributed by atoms with E-state index in [9.17, 15) is 13.2 Å². The minimum atomic E-state index is -3.71. The van der Waals surface area contributed by atoms with Crippen molar-refractivity contribution in [3.05, 3.63) is 48.0 Å². The lowest BCUT2D eigenvalue weighted by Gasteiger charge is -2.38. The number of anilines is 1. The van der Waals surface area contributed by atoms with Crippen LogP contribution >= 0.6 is 0 Å². The summed E-state index contributed by atoms with van der Waals surface area (Å²) in [4.78, 5) is 11.6. The second-order valence-electron chi connectivity index (χ2n) is 8.19. The molecule has 4 rings (SSSR count). The van der Waals surface area contributed by atoms with Gasteiger partial charge in [-0.05, 0) is 55.5 Å². The third-order valence-corrected chi connectivity index (χ3v) is 8.02. The van der Waals surface area contributed by atoms with Gasteiger partial charge in [0.15, 0.2) is 0 Å². The average Bonchev–Trinajstić information content (AvgIpc) is 2.96. The van der Waals surface area contributed by atoms with E-state index in [1.54, 1.807) is 6.07 Å². The maximum absolute atomic E-state index is 13.4. The first kappa shape index (κ1) is 21.6. The van der Waals surface area contributed by atoms with Gasteiger partial charge in [-0.3, -0.25) is 4.79 Å². The number of benzene rings is 2. The molecular formula is C23H28N2O5S. The molecule has 2 aliphatic rings. The van der Waals surface area contributed by atoms with Crippen LogP contribution in [0.1, 0.15) is 38.2 Å². The summed E-state index contributed by atoms with van der Waals surface area (Å²) in [6.45, 7) is 2.21. The van der Waals surface area contributed by atoms with Crippen LogP contribution in [0.3, 0.4) is 0 Å². The number of fused-ring (bicyclic) bond motifs is 1. The minimum Gasteiger partial charge on any atom is -0.495 e. The molecule has 1 fully saturated rings. The Kier molecular flexibility index (Phi) is 5.94. The van der Waals surface area contributed by atoms with Crippen LogP contribution in [0.15, 0.2) is 47.4 Å². The summed E-state index contributed by atoms with van der Waals surface area (Å²) in [5.74, 6) is 1.04. The Morgan fingerprint density at radius 2 is 1.94 bits per heavy atom. The second-order valence-corrected chi connectivity index (χ2v) is 10.1. The summed E-state index contributed by atoms with van der Waals surface area (Å²) < 4.78 is 39.9. The summed E-state index contributed by atoms with van der Waals surface area (Å²) in [5, 5.41) is 2.64. The van der Waals surface area contributed by atoms with Crippen LogP contribution in [-0.2, 0) is 21.2 Å². The van der Waals surface area contributed by atoms with Gasteiger partial charge in [0, 0.05) is 26.4 Å². The van der Waals surface area contributed by atoms with Crippen molar-refractivity contribution in [1.82, 2.24) is 4.31 Å². The van der Waals surface area contributed by atoms with Gasteiger partial charge in [-0.15, -0.1) is 0 Å². The molecule has 0 unspecified atom stereocenters. The van der Waals surface area contributed by atoms with Gasteiger partial charge in [-0.2, -0.15) is 4.31 Å². The molecule has 2 aromatic rings. The number of hydrogen-bond acceptors (Lipinski definition) is 5. The summed E-state index contributed by atoms with van der Waals surface area (Å²) in [5.41, 5.74) is 1.24. The van der Waals surface area contributed by atoms with E-state index < -0.39 is 10.0 Å². The number of nitrogens with one attached hydrogen (secondary N) is 1. The zero-order chi connectivity index (χ0) is 22.1. The SMILES string of the molecule is COc1ccc(S(=O)(=O)N2CCC[C@]3(CCc4ccccc4O3)CC2)cc1NC(C)=O. The lowest BCUT2D eigenvalue weighted by molar-refractivity contribution is -0.114. The van der Waals surface area contributed by atoms with Gasteiger partial charge in [-0.1, -0.05) is 18.2 Å². The highest BCUT2D eigenvalue weighted by atomic mass is 32.2. The smallest absolute Gasteiger partial charge is 0.243 e. The third kappa shape index (κ3) is 4.41. The van der Waals surface area contributed by atoms with Crippen molar-refractivity contribution in [1.29, 1.82) is 0 Å². The molecule has 0 aromatic heterocycles. The Morgan fingerprint density at radius 1 is 1.13 bits per heavy atom. The van der Waals surface area contributed by atoms with Gasteiger partial charge in [0.05, 0.1) is 17.7 Å². The molecule has 2 aromatic carbocycles. The van der Waals surface area contributed by atoms with Crippen LogP contribution in [0.25, 0.3) is 0 Å². The number of sulfonamides is 1. The van der Waals surface area contributed by atoms with Crippen LogP contribution in [-0.4, -0.2) is 44.4 Å². The van der Waals surface area contributed by atoms with Gasteiger partial charge in [0.2, 0.25) is 15.9 Å². The van der Waals surface area contributed by atoms with Gasteiger partial charge < -0.3 is 14.8 Å². The first-order valence-corrected chi connectivity index (χ1v) is 12.0. The normalized spacial score (nSPS) is 21.6. The van der Waals surface area contributed by atoms with E-state index in [0.29, 0.717) is 30.9 Å². The fourth-order valence-electron chi connectivity index (χ4n) is 4.48. The van der Waals surface area contributed by atoms with E-state index in [1.807, 2.05) is 18.2 Å². The van der Waals surface area contributed by atoms with Crippen molar-refractivity contribution in [3.8, 4) is 11.5 Å². The van der Waals surface area contributed by atoms with Crippen LogP contribution in [0.2, 0.25) is 0 Å². The topological polar surface area (TPSA) is 84.9 Å². The predicted octanol–water partition coefficient (Wildman–Crippen LogP) is 3.59. The second kappa shape index (κ2) is 8.51. The fraction of sp³-hybridized carbons (Fsp3) is 0.435. The van der Waals surface area contributed by atoms with Crippen LogP contribution in [0.4, 0.5) is 5.69 Å². The Balaban J connectivity index is 1.55. The molecule has 2 heterocycles. The zero-order valence-electron chi connectivity index (χ0n) is 17.9. The minimum absolute atomic E-state index is 0.142. The number of ether oxygens (including phenoxy) is 2. The van der Waals surface area contributed by atoms with Crippen molar-refractivity contribution in [2.24, 2.45) is 0 Å². The highest BCUT2D eigenvalue weighted by Crippen LogP contribution is 2.40. The number of rotatable bonds is 4. The maximum Gasteiger partial charge on any atom is 0.243 e. The Labute approximate surface area is 183 Å². The molecule has 1 N–H and O–H groups in total. The summed E-state index contributed by atoms with van der Waals surface area (Å²) in [6, 6.07) is 12.6. The third-order valence-electron chi connectivity index (χ3n) is 6.13. The van der Waals surface area contributed by atoms with E-state index in [1.165, 1.54) is 36.0 Å². The van der Waals surface area contributed by atoms with E-state index >= 15 is 0 Å². The maximum atomic E-state index is 13.4. The molecule has 1 saturated heterocycles. The molecule has 0 radical (unpaired) electrons.